The summed E-state index contributed by atoms with van der Waals surface area (Å²) in [4.78, 5) is 10.3. The van der Waals surface area contributed by atoms with Gasteiger partial charge < -0.3 is 10.6 Å². The summed E-state index contributed by atoms with van der Waals surface area (Å²) in [6, 6.07) is 9.94. The van der Waals surface area contributed by atoms with Gasteiger partial charge in [-0.05, 0) is 55.5 Å². The number of hydrogen-bond acceptors (Lipinski definition) is 4. The summed E-state index contributed by atoms with van der Waals surface area (Å²) >= 11 is 16.4. The van der Waals surface area contributed by atoms with Crippen molar-refractivity contribution >= 4 is 63.3 Å². The van der Waals surface area contributed by atoms with Gasteiger partial charge in [-0.15, -0.1) is 0 Å². The maximum absolute atomic E-state index is 10.8. The molecule has 0 amide bonds. The largest absolute Gasteiger partial charge is 0.331 e. The van der Waals surface area contributed by atoms with Gasteiger partial charge >= 0.3 is 0 Å². The zero-order valence-corrected chi connectivity index (χ0v) is 16.3. The summed E-state index contributed by atoms with van der Waals surface area (Å²) in [7, 11) is 0. The second kappa shape index (κ2) is 8.75. The summed E-state index contributed by atoms with van der Waals surface area (Å²) in [6.45, 7) is 3.95. The minimum Gasteiger partial charge on any atom is -0.331 e. The van der Waals surface area contributed by atoms with Crippen molar-refractivity contribution in [3.8, 4) is 0 Å². The van der Waals surface area contributed by atoms with Crippen LogP contribution in [-0.4, -0.2) is 15.1 Å². The molecule has 10 heteroatoms. The third-order valence-corrected chi connectivity index (χ3v) is 4.16. The maximum atomic E-state index is 10.8. The van der Waals surface area contributed by atoms with E-state index in [0.717, 1.165) is 16.8 Å². The quantitative estimate of drug-likeness (QED) is 0.343. The lowest BCUT2D eigenvalue weighted by molar-refractivity contribution is -0.384. The van der Waals surface area contributed by atoms with E-state index < -0.39 is 4.92 Å². The standard InChI is InChI=1S/C16H16ClN5O2S2/c1-9-4-3-5-10(2)14(9)19-16(26)21-20-15(25)18-13-8-11(22(23)24)6-7-12(13)17/h3-8H,1-2H3,(H2,18,20,25)(H2,19,21,26). The summed E-state index contributed by atoms with van der Waals surface area (Å²) in [5, 5.41) is 17.5. The Kier molecular flexibility index (Phi) is 6.67. The number of rotatable bonds is 3. The number of aryl methyl sites for hydroxylation is 2. The lowest BCUT2D eigenvalue weighted by Crippen LogP contribution is -2.45. The Morgan fingerprint density at radius 1 is 1.04 bits per heavy atom. The highest BCUT2D eigenvalue weighted by Crippen LogP contribution is 2.26. The van der Waals surface area contributed by atoms with Crippen LogP contribution in [0.4, 0.5) is 17.1 Å². The second-order valence-electron chi connectivity index (χ2n) is 5.35. The molecule has 0 spiro atoms. The molecule has 0 saturated heterocycles. The molecule has 2 aromatic rings. The minimum absolute atomic E-state index is 0.0973. The molecule has 0 saturated carbocycles. The monoisotopic (exact) mass is 409 g/mol. The van der Waals surface area contributed by atoms with Gasteiger partial charge in [-0.2, -0.15) is 0 Å². The lowest BCUT2D eigenvalue weighted by atomic mass is 10.1. The van der Waals surface area contributed by atoms with Crippen LogP contribution in [-0.2, 0) is 0 Å². The molecule has 26 heavy (non-hydrogen) atoms. The van der Waals surface area contributed by atoms with Gasteiger partial charge in [-0.3, -0.25) is 21.0 Å². The third-order valence-electron chi connectivity index (χ3n) is 3.42. The number of benzene rings is 2. The highest BCUT2D eigenvalue weighted by molar-refractivity contribution is 7.81. The normalized spacial score (nSPS) is 9.96. The van der Waals surface area contributed by atoms with E-state index in [2.05, 4.69) is 21.5 Å². The minimum atomic E-state index is -0.514. The number of nitro benzene ring substituents is 1. The van der Waals surface area contributed by atoms with Crippen LogP contribution in [0.2, 0.25) is 5.02 Å². The topological polar surface area (TPSA) is 91.3 Å². The van der Waals surface area contributed by atoms with Crippen LogP contribution in [0.1, 0.15) is 11.1 Å². The SMILES string of the molecule is Cc1cccc(C)c1NC(=S)NNC(=S)Nc1cc([N+](=O)[O-])ccc1Cl. The summed E-state index contributed by atoms with van der Waals surface area (Å²) < 4.78 is 0. The van der Waals surface area contributed by atoms with Gasteiger partial charge in [0.15, 0.2) is 10.2 Å². The molecule has 0 aliphatic heterocycles. The zero-order chi connectivity index (χ0) is 19.3. The number of hydrogen-bond donors (Lipinski definition) is 4. The van der Waals surface area contributed by atoms with Crippen molar-refractivity contribution in [2.75, 3.05) is 10.6 Å². The van der Waals surface area contributed by atoms with E-state index in [9.17, 15) is 10.1 Å². The van der Waals surface area contributed by atoms with Crippen molar-refractivity contribution in [1.29, 1.82) is 0 Å². The van der Waals surface area contributed by atoms with Gasteiger partial charge in [0.25, 0.3) is 5.69 Å². The summed E-state index contributed by atoms with van der Waals surface area (Å²) in [5.41, 5.74) is 8.69. The van der Waals surface area contributed by atoms with Crippen molar-refractivity contribution in [2.45, 2.75) is 13.8 Å². The first kappa shape index (κ1) is 19.8. The highest BCUT2D eigenvalue weighted by Gasteiger charge is 2.11. The van der Waals surface area contributed by atoms with Crippen LogP contribution in [0, 0.1) is 24.0 Å². The summed E-state index contributed by atoms with van der Waals surface area (Å²) in [5.74, 6) is 0. The number of non-ortho nitro benzene ring substituents is 1. The molecule has 2 aromatic carbocycles. The third kappa shape index (κ3) is 5.25. The van der Waals surface area contributed by atoms with E-state index >= 15 is 0 Å². The average molecular weight is 410 g/mol. The van der Waals surface area contributed by atoms with Crippen molar-refractivity contribution < 1.29 is 4.92 Å². The number of para-hydroxylation sites is 1. The number of halogens is 1. The van der Waals surface area contributed by atoms with E-state index in [4.69, 9.17) is 36.0 Å². The number of anilines is 2. The molecule has 0 aromatic heterocycles. The number of nitrogens with zero attached hydrogens (tertiary/aromatic N) is 1. The van der Waals surface area contributed by atoms with Crippen molar-refractivity contribution in [3.05, 3.63) is 62.7 Å². The Bertz CT molecular complexity index is 855. The molecule has 0 heterocycles. The predicted molar refractivity (Wildman–Crippen MR) is 113 cm³/mol. The fourth-order valence-electron chi connectivity index (χ4n) is 2.15. The molecule has 0 aliphatic carbocycles. The Labute approximate surface area is 166 Å². The van der Waals surface area contributed by atoms with Gasteiger partial charge in [0.2, 0.25) is 0 Å². The molecule has 7 nitrogen and oxygen atoms in total. The van der Waals surface area contributed by atoms with E-state index in [1.54, 1.807) is 0 Å². The van der Waals surface area contributed by atoms with Crippen molar-refractivity contribution in [2.24, 2.45) is 0 Å². The molecule has 2 rings (SSSR count). The van der Waals surface area contributed by atoms with Crippen LogP contribution in [0.15, 0.2) is 36.4 Å². The average Bonchev–Trinajstić information content (AvgIpc) is 2.58. The molecule has 0 fully saturated rings. The molecule has 0 radical (unpaired) electrons. The molecule has 0 unspecified atom stereocenters. The fourth-order valence-corrected chi connectivity index (χ4v) is 2.62. The zero-order valence-electron chi connectivity index (χ0n) is 13.9. The number of nitrogens with one attached hydrogen (secondary N) is 4. The first-order valence-electron chi connectivity index (χ1n) is 7.42. The summed E-state index contributed by atoms with van der Waals surface area (Å²) in [6.07, 6.45) is 0. The Hall–Kier alpha value is -2.49. The molecular formula is C16H16ClN5O2S2. The molecule has 4 N–H and O–H groups in total. The van der Waals surface area contributed by atoms with Crippen LogP contribution < -0.4 is 21.5 Å². The number of thiocarbonyl (C=S) groups is 2. The number of hydrazine groups is 1. The second-order valence-corrected chi connectivity index (χ2v) is 6.57. The lowest BCUT2D eigenvalue weighted by Gasteiger charge is -2.17. The van der Waals surface area contributed by atoms with Crippen LogP contribution in [0.25, 0.3) is 0 Å². The van der Waals surface area contributed by atoms with E-state index in [-0.39, 0.29) is 10.8 Å². The van der Waals surface area contributed by atoms with Gasteiger partial charge in [0, 0.05) is 17.8 Å². The van der Waals surface area contributed by atoms with Gasteiger partial charge in [0.1, 0.15) is 0 Å². The van der Waals surface area contributed by atoms with Crippen LogP contribution in [0.3, 0.4) is 0 Å². The van der Waals surface area contributed by atoms with Gasteiger partial charge in [0.05, 0.1) is 15.6 Å². The van der Waals surface area contributed by atoms with E-state index in [0.29, 0.717) is 15.8 Å². The number of nitro groups is 1. The smallest absolute Gasteiger partial charge is 0.271 e. The first-order chi connectivity index (χ1) is 12.3. The van der Waals surface area contributed by atoms with Crippen molar-refractivity contribution in [1.82, 2.24) is 10.9 Å². The molecular weight excluding hydrogens is 394 g/mol. The van der Waals surface area contributed by atoms with Crippen LogP contribution >= 0.6 is 36.0 Å². The maximum Gasteiger partial charge on any atom is 0.271 e. The molecule has 0 bridgehead atoms. The van der Waals surface area contributed by atoms with Gasteiger partial charge in [-0.1, -0.05) is 29.8 Å². The Balaban J connectivity index is 1.94. The van der Waals surface area contributed by atoms with E-state index in [1.165, 1.54) is 18.2 Å². The Morgan fingerprint density at radius 3 is 2.19 bits per heavy atom. The van der Waals surface area contributed by atoms with Crippen molar-refractivity contribution in [3.63, 3.8) is 0 Å². The first-order valence-corrected chi connectivity index (χ1v) is 8.61. The highest BCUT2D eigenvalue weighted by atomic mass is 35.5. The Morgan fingerprint density at radius 2 is 1.62 bits per heavy atom. The predicted octanol–water partition coefficient (Wildman–Crippen LogP) is 4.05. The molecule has 0 aliphatic rings. The van der Waals surface area contributed by atoms with E-state index in [1.807, 2.05) is 32.0 Å². The molecule has 136 valence electrons. The fraction of sp³-hybridized carbons (Fsp3) is 0.125. The van der Waals surface area contributed by atoms with Crippen LogP contribution in [0.5, 0.6) is 0 Å². The molecule has 0 atom stereocenters. The van der Waals surface area contributed by atoms with Gasteiger partial charge in [-0.25, -0.2) is 0 Å².